The summed E-state index contributed by atoms with van der Waals surface area (Å²) >= 11 is 5.29. The molecule has 1 heterocycles. The summed E-state index contributed by atoms with van der Waals surface area (Å²) < 4.78 is 6.74. The van der Waals surface area contributed by atoms with E-state index in [-0.39, 0.29) is 0 Å². The lowest BCUT2D eigenvalue weighted by Gasteiger charge is -2.22. The summed E-state index contributed by atoms with van der Waals surface area (Å²) in [5.41, 5.74) is 6.78. The lowest BCUT2D eigenvalue weighted by Crippen LogP contribution is -2.15. The molecule has 15 heavy (non-hydrogen) atoms. The van der Waals surface area contributed by atoms with E-state index < -0.39 is 0 Å². The number of benzene rings is 1. The van der Waals surface area contributed by atoms with Gasteiger partial charge in [-0.15, -0.1) is 0 Å². The maximum atomic E-state index is 5.69. The fourth-order valence-corrected chi connectivity index (χ4v) is 3.29. The van der Waals surface area contributed by atoms with Gasteiger partial charge >= 0.3 is 0 Å². The largest absolute Gasteiger partial charge is 0.399 e. The Kier molecular flexibility index (Phi) is 3.94. The van der Waals surface area contributed by atoms with Crippen LogP contribution in [0.2, 0.25) is 0 Å². The lowest BCUT2D eigenvalue weighted by atomic mass is 10.2. The number of hydrogen-bond acceptors (Lipinski definition) is 3. The van der Waals surface area contributed by atoms with Crippen LogP contribution in [0.1, 0.15) is 19.3 Å². The highest BCUT2D eigenvalue weighted by Crippen LogP contribution is 2.35. The highest BCUT2D eigenvalue weighted by Gasteiger charge is 2.16. The Morgan fingerprint density at radius 2 is 2.27 bits per heavy atom. The van der Waals surface area contributed by atoms with Crippen molar-refractivity contribution < 1.29 is 4.74 Å². The third-order valence-electron chi connectivity index (χ3n) is 2.35. The van der Waals surface area contributed by atoms with Gasteiger partial charge in [-0.1, -0.05) is 11.8 Å². The Balaban J connectivity index is 2.03. The molecule has 1 saturated heterocycles. The topological polar surface area (TPSA) is 35.2 Å². The molecule has 1 unspecified atom stereocenters. The van der Waals surface area contributed by atoms with E-state index >= 15 is 0 Å². The van der Waals surface area contributed by atoms with Gasteiger partial charge in [0.15, 0.2) is 0 Å². The summed E-state index contributed by atoms with van der Waals surface area (Å²) in [6.45, 7) is 0.893. The molecule has 1 aliphatic rings. The smallest absolute Gasteiger partial charge is 0.107 e. The molecule has 1 aromatic carbocycles. The maximum Gasteiger partial charge on any atom is 0.107 e. The second-order valence-corrected chi connectivity index (χ2v) is 5.66. The Labute approximate surface area is 103 Å². The van der Waals surface area contributed by atoms with Gasteiger partial charge in [0.05, 0.1) is 0 Å². The van der Waals surface area contributed by atoms with Crippen molar-refractivity contribution >= 4 is 33.4 Å². The van der Waals surface area contributed by atoms with E-state index in [0.717, 1.165) is 23.2 Å². The summed E-state index contributed by atoms with van der Waals surface area (Å²) in [4.78, 5) is 1.20. The van der Waals surface area contributed by atoms with E-state index in [1.54, 1.807) is 11.8 Å². The van der Waals surface area contributed by atoms with Crippen molar-refractivity contribution in [1.82, 2.24) is 0 Å². The Morgan fingerprint density at radius 3 is 2.93 bits per heavy atom. The summed E-state index contributed by atoms with van der Waals surface area (Å²) in [6.07, 6.45) is 3.60. The molecule has 0 saturated carbocycles. The highest BCUT2D eigenvalue weighted by molar-refractivity contribution is 9.10. The molecule has 82 valence electrons. The molecule has 0 aromatic heterocycles. The second-order valence-electron chi connectivity index (χ2n) is 3.60. The Bertz CT molecular complexity index is 339. The maximum absolute atomic E-state index is 5.69. The standard InChI is InChI=1S/C11H14BrNOS/c12-9-7-8(13)4-5-10(9)15-11-3-1-2-6-14-11/h4-5,7,11H,1-3,6,13H2. The van der Waals surface area contributed by atoms with Crippen molar-refractivity contribution in [2.24, 2.45) is 0 Å². The van der Waals surface area contributed by atoms with Crippen LogP contribution in [0.3, 0.4) is 0 Å². The van der Waals surface area contributed by atoms with Crippen molar-refractivity contribution in [2.75, 3.05) is 12.3 Å². The molecule has 0 aliphatic carbocycles. The zero-order valence-electron chi connectivity index (χ0n) is 8.41. The fraction of sp³-hybridized carbons (Fsp3) is 0.455. The van der Waals surface area contributed by atoms with Gasteiger partial charge in [-0.25, -0.2) is 0 Å². The first-order valence-electron chi connectivity index (χ1n) is 5.09. The molecule has 1 aromatic rings. The minimum absolute atomic E-state index is 0.304. The summed E-state index contributed by atoms with van der Waals surface area (Å²) in [5, 5.41) is 0. The second kappa shape index (κ2) is 5.23. The number of hydrogen-bond donors (Lipinski definition) is 1. The summed E-state index contributed by atoms with van der Waals surface area (Å²) in [5.74, 6) is 0. The van der Waals surface area contributed by atoms with E-state index in [2.05, 4.69) is 15.9 Å². The van der Waals surface area contributed by atoms with Crippen LogP contribution in [-0.4, -0.2) is 12.0 Å². The van der Waals surface area contributed by atoms with Crippen molar-refractivity contribution in [1.29, 1.82) is 0 Å². The van der Waals surface area contributed by atoms with E-state index in [9.17, 15) is 0 Å². The van der Waals surface area contributed by atoms with E-state index in [1.807, 2.05) is 18.2 Å². The predicted molar refractivity (Wildman–Crippen MR) is 68.0 cm³/mol. The first-order valence-corrected chi connectivity index (χ1v) is 6.76. The fourth-order valence-electron chi connectivity index (χ4n) is 1.56. The van der Waals surface area contributed by atoms with Crippen molar-refractivity contribution in [3.63, 3.8) is 0 Å². The third kappa shape index (κ3) is 3.13. The van der Waals surface area contributed by atoms with E-state index in [1.165, 1.54) is 17.7 Å². The van der Waals surface area contributed by atoms with Gasteiger partial charge < -0.3 is 10.5 Å². The SMILES string of the molecule is Nc1ccc(SC2CCCCO2)c(Br)c1. The monoisotopic (exact) mass is 287 g/mol. The molecule has 0 spiro atoms. The normalized spacial score (nSPS) is 21.5. The van der Waals surface area contributed by atoms with Crippen LogP contribution in [0.25, 0.3) is 0 Å². The van der Waals surface area contributed by atoms with Crippen LogP contribution in [0.4, 0.5) is 5.69 Å². The molecular formula is C11H14BrNOS. The first-order chi connectivity index (χ1) is 7.25. The Hall–Kier alpha value is -0.190. The predicted octanol–water partition coefficient (Wildman–Crippen LogP) is 3.65. The number of rotatable bonds is 2. The number of anilines is 1. The van der Waals surface area contributed by atoms with Crippen LogP contribution in [0.5, 0.6) is 0 Å². The van der Waals surface area contributed by atoms with Crippen LogP contribution in [0.15, 0.2) is 27.6 Å². The summed E-state index contributed by atoms with van der Waals surface area (Å²) in [6, 6.07) is 5.91. The molecule has 2 rings (SSSR count). The molecule has 2 nitrogen and oxygen atoms in total. The van der Waals surface area contributed by atoms with Crippen LogP contribution >= 0.6 is 27.7 Å². The number of thioether (sulfide) groups is 1. The zero-order valence-corrected chi connectivity index (χ0v) is 10.8. The van der Waals surface area contributed by atoms with Crippen molar-refractivity contribution in [3.05, 3.63) is 22.7 Å². The number of nitrogen functional groups attached to an aromatic ring is 1. The molecule has 1 aliphatic heterocycles. The number of halogens is 1. The molecule has 0 bridgehead atoms. The van der Waals surface area contributed by atoms with Crippen LogP contribution < -0.4 is 5.73 Å². The molecule has 4 heteroatoms. The van der Waals surface area contributed by atoms with Crippen LogP contribution in [0, 0.1) is 0 Å². The minimum Gasteiger partial charge on any atom is -0.399 e. The van der Waals surface area contributed by atoms with Gasteiger partial charge in [0.2, 0.25) is 0 Å². The number of nitrogens with two attached hydrogens (primary N) is 1. The Morgan fingerprint density at radius 1 is 1.40 bits per heavy atom. The van der Waals surface area contributed by atoms with Gasteiger partial charge in [-0.2, -0.15) is 0 Å². The molecule has 1 fully saturated rings. The summed E-state index contributed by atoms with van der Waals surface area (Å²) in [7, 11) is 0. The third-order valence-corrected chi connectivity index (χ3v) is 4.52. The van der Waals surface area contributed by atoms with E-state index in [0.29, 0.717) is 5.44 Å². The molecule has 0 amide bonds. The van der Waals surface area contributed by atoms with Gasteiger partial charge in [-0.05, 0) is 53.4 Å². The van der Waals surface area contributed by atoms with Crippen LogP contribution in [-0.2, 0) is 4.74 Å². The van der Waals surface area contributed by atoms with Gasteiger partial charge in [0.1, 0.15) is 5.44 Å². The molecule has 1 atom stereocenters. The minimum atomic E-state index is 0.304. The molecular weight excluding hydrogens is 274 g/mol. The van der Waals surface area contributed by atoms with Gasteiger partial charge in [0.25, 0.3) is 0 Å². The highest BCUT2D eigenvalue weighted by atomic mass is 79.9. The average molecular weight is 288 g/mol. The van der Waals surface area contributed by atoms with Crippen molar-refractivity contribution in [3.8, 4) is 0 Å². The quantitative estimate of drug-likeness (QED) is 0.844. The zero-order chi connectivity index (χ0) is 10.7. The lowest BCUT2D eigenvalue weighted by molar-refractivity contribution is 0.0728. The average Bonchev–Trinajstić information content (AvgIpc) is 2.24. The van der Waals surface area contributed by atoms with Crippen molar-refractivity contribution in [2.45, 2.75) is 29.6 Å². The van der Waals surface area contributed by atoms with Gasteiger partial charge in [0, 0.05) is 21.7 Å². The first kappa shape index (κ1) is 11.3. The number of ether oxygens (including phenoxy) is 1. The van der Waals surface area contributed by atoms with Gasteiger partial charge in [-0.3, -0.25) is 0 Å². The van der Waals surface area contributed by atoms with E-state index in [4.69, 9.17) is 10.5 Å². The molecule has 2 N–H and O–H groups in total. The molecule has 0 radical (unpaired) electrons.